The first-order chi connectivity index (χ1) is 8.42. The van der Waals surface area contributed by atoms with E-state index in [1.54, 1.807) is 0 Å². The molecule has 2 unspecified atom stereocenters. The van der Waals surface area contributed by atoms with Gasteiger partial charge in [-0.3, -0.25) is 0 Å². The Labute approximate surface area is 115 Å². The van der Waals surface area contributed by atoms with Crippen LogP contribution >= 0.6 is 0 Å². The van der Waals surface area contributed by atoms with Gasteiger partial charge in [0.2, 0.25) is 0 Å². The molecule has 0 aromatic heterocycles. The van der Waals surface area contributed by atoms with E-state index >= 15 is 0 Å². The van der Waals surface area contributed by atoms with Crippen LogP contribution in [0.25, 0.3) is 0 Å². The summed E-state index contributed by atoms with van der Waals surface area (Å²) in [5.74, 6) is 1.94. The molecule has 1 fully saturated rings. The van der Waals surface area contributed by atoms with E-state index in [-0.39, 0.29) is 0 Å². The van der Waals surface area contributed by atoms with Crippen molar-refractivity contribution in [3.05, 3.63) is 0 Å². The summed E-state index contributed by atoms with van der Waals surface area (Å²) in [5.41, 5.74) is 0.456. The van der Waals surface area contributed by atoms with E-state index in [1.807, 2.05) is 0 Å². The van der Waals surface area contributed by atoms with Crippen LogP contribution < -0.4 is 5.32 Å². The third kappa shape index (κ3) is 4.89. The highest BCUT2D eigenvalue weighted by Gasteiger charge is 2.35. The van der Waals surface area contributed by atoms with Crippen molar-refractivity contribution in [2.75, 3.05) is 26.7 Å². The third-order valence-corrected chi connectivity index (χ3v) is 4.81. The number of hydrogen-bond acceptors (Lipinski definition) is 2. The van der Waals surface area contributed by atoms with Gasteiger partial charge in [-0.1, -0.05) is 34.6 Å². The van der Waals surface area contributed by atoms with Crippen LogP contribution in [0, 0.1) is 17.3 Å². The van der Waals surface area contributed by atoms with Crippen LogP contribution in [-0.2, 0) is 0 Å². The zero-order chi connectivity index (χ0) is 13.8. The lowest BCUT2D eigenvalue weighted by Crippen LogP contribution is -2.44. The first kappa shape index (κ1) is 16.0. The van der Waals surface area contributed by atoms with E-state index in [4.69, 9.17) is 0 Å². The molecule has 1 N–H and O–H groups in total. The standard InChI is InChI=1S/C16H34N2/c1-7-16(8-2,11-17-13(3)4)12-18(6)10-15-9-14(15)5/h13-15,17H,7-12H2,1-6H3. The largest absolute Gasteiger partial charge is 0.314 e. The van der Waals surface area contributed by atoms with Gasteiger partial charge >= 0.3 is 0 Å². The molecular formula is C16H34N2. The molecule has 0 aromatic carbocycles. The zero-order valence-electron chi connectivity index (χ0n) is 13.4. The van der Waals surface area contributed by atoms with E-state index in [0.717, 1.165) is 18.4 Å². The zero-order valence-corrected chi connectivity index (χ0v) is 13.4. The van der Waals surface area contributed by atoms with Gasteiger partial charge in [0.05, 0.1) is 0 Å². The predicted molar refractivity (Wildman–Crippen MR) is 80.9 cm³/mol. The highest BCUT2D eigenvalue weighted by molar-refractivity contribution is 4.88. The molecule has 108 valence electrons. The molecule has 0 aliphatic heterocycles. The molecule has 2 heteroatoms. The van der Waals surface area contributed by atoms with Gasteiger partial charge in [0, 0.05) is 25.7 Å². The fourth-order valence-electron chi connectivity index (χ4n) is 2.89. The molecule has 0 spiro atoms. The van der Waals surface area contributed by atoms with E-state index in [1.165, 1.54) is 32.4 Å². The Morgan fingerprint density at radius 1 is 1.28 bits per heavy atom. The van der Waals surface area contributed by atoms with Crippen molar-refractivity contribution in [2.45, 2.75) is 59.9 Å². The summed E-state index contributed by atoms with van der Waals surface area (Å²) in [6.07, 6.45) is 3.99. The predicted octanol–water partition coefficient (Wildman–Crippen LogP) is 3.38. The second kappa shape index (κ2) is 6.91. The minimum absolute atomic E-state index is 0.456. The fourth-order valence-corrected chi connectivity index (χ4v) is 2.89. The van der Waals surface area contributed by atoms with Crippen molar-refractivity contribution in [1.82, 2.24) is 10.2 Å². The van der Waals surface area contributed by atoms with Gasteiger partial charge in [-0.15, -0.1) is 0 Å². The summed E-state index contributed by atoms with van der Waals surface area (Å²) in [4.78, 5) is 2.57. The SMILES string of the molecule is CCC(CC)(CNC(C)C)CN(C)CC1CC1C. The van der Waals surface area contributed by atoms with Crippen molar-refractivity contribution < 1.29 is 0 Å². The highest BCUT2D eigenvalue weighted by Crippen LogP contribution is 2.38. The quantitative estimate of drug-likeness (QED) is 0.678. The molecule has 0 radical (unpaired) electrons. The van der Waals surface area contributed by atoms with Crippen LogP contribution in [0.15, 0.2) is 0 Å². The summed E-state index contributed by atoms with van der Waals surface area (Å²) >= 11 is 0. The Balaban J connectivity index is 2.43. The van der Waals surface area contributed by atoms with Crippen LogP contribution in [0.4, 0.5) is 0 Å². The molecule has 2 atom stereocenters. The van der Waals surface area contributed by atoms with E-state index < -0.39 is 0 Å². The fraction of sp³-hybridized carbons (Fsp3) is 1.00. The lowest BCUT2D eigenvalue weighted by molar-refractivity contribution is 0.147. The van der Waals surface area contributed by atoms with Gasteiger partial charge in [-0.05, 0) is 43.6 Å². The van der Waals surface area contributed by atoms with Gasteiger partial charge in [0.1, 0.15) is 0 Å². The van der Waals surface area contributed by atoms with Gasteiger partial charge in [0.25, 0.3) is 0 Å². The topological polar surface area (TPSA) is 15.3 Å². The number of hydrogen-bond donors (Lipinski definition) is 1. The summed E-state index contributed by atoms with van der Waals surface area (Å²) in [7, 11) is 2.31. The van der Waals surface area contributed by atoms with E-state index in [9.17, 15) is 0 Å². The molecule has 1 rings (SSSR count). The maximum absolute atomic E-state index is 3.64. The Morgan fingerprint density at radius 3 is 2.22 bits per heavy atom. The second-order valence-electron chi connectivity index (χ2n) is 6.91. The average Bonchev–Trinajstić information content (AvgIpc) is 3.00. The summed E-state index contributed by atoms with van der Waals surface area (Å²) in [6, 6.07) is 0.594. The van der Waals surface area contributed by atoms with Gasteiger partial charge in [0.15, 0.2) is 0 Å². The normalized spacial score (nSPS) is 24.0. The van der Waals surface area contributed by atoms with Crippen molar-refractivity contribution in [1.29, 1.82) is 0 Å². The summed E-state index contributed by atoms with van der Waals surface area (Å²) < 4.78 is 0. The highest BCUT2D eigenvalue weighted by atomic mass is 15.1. The van der Waals surface area contributed by atoms with Gasteiger partial charge in [-0.2, -0.15) is 0 Å². The summed E-state index contributed by atoms with van der Waals surface area (Å²) in [6.45, 7) is 15.2. The average molecular weight is 254 g/mol. The maximum Gasteiger partial charge on any atom is 0.00470 e. The first-order valence-corrected chi connectivity index (χ1v) is 7.84. The molecule has 0 aromatic rings. The molecule has 1 saturated carbocycles. The van der Waals surface area contributed by atoms with Crippen LogP contribution in [0.3, 0.4) is 0 Å². The maximum atomic E-state index is 3.64. The second-order valence-corrected chi connectivity index (χ2v) is 6.91. The Kier molecular flexibility index (Phi) is 6.13. The van der Waals surface area contributed by atoms with Crippen LogP contribution in [0.2, 0.25) is 0 Å². The van der Waals surface area contributed by atoms with Crippen molar-refractivity contribution >= 4 is 0 Å². The Hall–Kier alpha value is -0.0800. The van der Waals surface area contributed by atoms with Crippen molar-refractivity contribution in [2.24, 2.45) is 17.3 Å². The number of rotatable bonds is 9. The number of nitrogens with zero attached hydrogens (tertiary/aromatic N) is 1. The van der Waals surface area contributed by atoms with Crippen LogP contribution in [-0.4, -0.2) is 37.6 Å². The molecule has 1 aliphatic rings. The molecule has 1 aliphatic carbocycles. The molecule has 0 amide bonds. The van der Waals surface area contributed by atoms with Gasteiger partial charge in [-0.25, -0.2) is 0 Å². The summed E-state index contributed by atoms with van der Waals surface area (Å²) in [5, 5.41) is 3.64. The number of nitrogens with one attached hydrogen (secondary N) is 1. The smallest absolute Gasteiger partial charge is 0.00470 e. The molecule has 0 bridgehead atoms. The molecular weight excluding hydrogens is 220 g/mol. The van der Waals surface area contributed by atoms with Gasteiger partial charge < -0.3 is 10.2 Å². The van der Waals surface area contributed by atoms with Crippen molar-refractivity contribution in [3.63, 3.8) is 0 Å². The lowest BCUT2D eigenvalue weighted by atomic mass is 9.81. The lowest BCUT2D eigenvalue weighted by Gasteiger charge is -2.37. The minimum atomic E-state index is 0.456. The van der Waals surface area contributed by atoms with Crippen LogP contribution in [0.5, 0.6) is 0 Å². The third-order valence-electron chi connectivity index (χ3n) is 4.81. The molecule has 18 heavy (non-hydrogen) atoms. The minimum Gasteiger partial charge on any atom is -0.314 e. The van der Waals surface area contributed by atoms with Crippen LogP contribution in [0.1, 0.15) is 53.9 Å². The van der Waals surface area contributed by atoms with E-state index in [0.29, 0.717) is 11.5 Å². The first-order valence-electron chi connectivity index (χ1n) is 7.84. The van der Waals surface area contributed by atoms with E-state index in [2.05, 4.69) is 51.9 Å². The molecule has 0 heterocycles. The molecule has 0 saturated heterocycles. The Bertz CT molecular complexity index is 233. The van der Waals surface area contributed by atoms with Crippen molar-refractivity contribution in [3.8, 4) is 0 Å². The monoisotopic (exact) mass is 254 g/mol. The Morgan fingerprint density at radius 2 is 1.83 bits per heavy atom. The molecule has 2 nitrogen and oxygen atoms in total.